The van der Waals surface area contributed by atoms with Crippen LogP contribution in [0.1, 0.15) is 16.1 Å². The lowest BCUT2D eigenvalue weighted by Gasteiger charge is -2.11. The minimum Gasteiger partial charge on any atom is -0.476 e. The van der Waals surface area contributed by atoms with E-state index in [9.17, 15) is 22.4 Å². The predicted octanol–water partition coefficient (Wildman–Crippen LogP) is 3.24. The molecule has 5 nitrogen and oxygen atoms in total. The van der Waals surface area contributed by atoms with Gasteiger partial charge in [0, 0.05) is 5.56 Å². The van der Waals surface area contributed by atoms with Gasteiger partial charge in [0.1, 0.15) is 11.5 Å². The summed E-state index contributed by atoms with van der Waals surface area (Å²) >= 11 is 5.53. The molecule has 0 aliphatic heterocycles. The standard InChI is InChI=1S/C12H6ClF4N3O2/c13-11-19-8(7(18)9(20-11)10(21)22)5-2-1-4(3-6(5)14)12(15,16)17/h1-3H,18H2,(H,21,22). The van der Waals surface area contributed by atoms with Crippen LogP contribution in [0, 0.1) is 5.82 Å². The highest BCUT2D eigenvalue weighted by Gasteiger charge is 2.31. The van der Waals surface area contributed by atoms with Crippen LogP contribution in [-0.2, 0) is 6.18 Å². The number of aromatic carboxylic acids is 1. The fourth-order valence-electron chi connectivity index (χ4n) is 1.69. The van der Waals surface area contributed by atoms with Crippen molar-refractivity contribution in [2.24, 2.45) is 0 Å². The molecule has 116 valence electrons. The molecule has 2 rings (SSSR count). The molecule has 3 N–H and O–H groups in total. The number of nitrogen functional groups attached to an aromatic ring is 1. The van der Waals surface area contributed by atoms with Crippen LogP contribution in [0.2, 0.25) is 5.28 Å². The Hall–Kier alpha value is -2.42. The smallest absolute Gasteiger partial charge is 0.416 e. The average Bonchev–Trinajstić information content (AvgIpc) is 2.40. The third kappa shape index (κ3) is 2.93. The lowest BCUT2D eigenvalue weighted by Crippen LogP contribution is -2.10. The Morgan fingerprint density at radius 3 is 2.41 bits per heavy atom. The summed E-state index contributed by atoms with van der Waals surface area (Å²) in [4.78, 5) is 17.9. The number of hydrogen-bond acceptors (Lipinski definition) is 4. The first-order chi connectivity index (χ1) is 10.1. The summed E-state index contributed by atoms with van der Waals surface area (Å²) < 4.78 is 51.4. The molecule has 0 amide bonds. The van der Waals surface area contributed by atoms with Crippen LogP contribution in [0.15, 0.2) is 18.2 Å². The summed E-state index contributed by atoms with van der Waals surface area (Å²) in [5.74, 6) is -2.80. The Kier molecular flexibility index (Phi) is 3.92. The van der Waals surface area contributed by atoms with Gasteiger partial charge < -0.3 is 10.8 Å². The van der Waals surface area contributed by atoms with Crippen molar-refractivity contribution >= 4 is 23.3 Å². The molecular weight excluding hydrogens is 330 g/mol. The van der Waals surface area contributed by atoms with E-state index < -0.39 is 51.4 Å². The van der Waals surface area contributed by atoms with Gasteiger partial charge in [-0.05, 0) is 29.8 Å². The van der Waals surface area contributed by atoms with E-state index in [1.54, 1.807) is 0 Å². The van der Waals surface area contributed by atoms with E-state index in [2.05, 4.69) is 9.97 Å². The fourth-order valence-corrected chi connectivity index (χ4v) is 1.86. The van der Waals surface area contributed by atoms with E-state index in [-0.39, 0.29) is 6.07 Å². The predicted molar refractivity (Wildman–Crippen MR) is 68.8 cm³/mol. The number of rotatable bonds is 2. The van der Waals surface area contributed by atoms with Crippen molar-refractivity contribution in [2.45, 2.75) is 6.18 Å². The molecule has 0 aliphatic carbocycles. The Morgan fingerprint density at radius 1 is 1.27 bits per heavy atom. The van der Waals surface area contributed by atoms with Crippen LogP contribution in [0.4, 0.5) is 23.2 Å². The van der Waals surface area contributed by atoms with Crippen LogP contribution in [0.3, 0.4) is 0 Å². The molecule has 0 saturated heterocycles. The third-order valence-electron chi connectivity index (χ3n) is 2.67. The van der Waals surface area contributed by atoms with Gasteiger partial charge in [0.15, 0.2) is 5.69 Å². The molecule has 0 aliphatic rings. The van der Waals surface area contributed by atoms with Crippen LogP contribution >= 0.6 is 11.6 Å². The highest BCUT2D eigenvalue weighted by molar-refractivity contribution is 6.28. The molecule has 10 heteroatoms. The number of nitrogens with zero attached hydrogens (tertiary/aromatic N) is 2. The summed E-state index contributed by atoms with van der Waals surface area (Å²) in [5, 5.41) is 8.38. The SMILES string of the molecule is Nc1c(C(=O)O)nc(Cl)nc1-c1ccc(C(F)(F)F)cc1F. The second kappa shape index (κ2) is 5.41. The lowest BCUT2D eigenvalue weighted by atomic mass is 10.1. The van der Waals surface area contributed by atoms with E-state index >= 15 is 0 Å². The maximum absolute atomic E-state index is 13.9. The van der Waals surface area contributed by atoms with E-state index in [4.69, 9.17) is 22.4 Å². The van der Waals surface area contributed by atoms with E-state index in [0.717, 1.165) is 6.07 Å². The van der Waals surface area contributed by atoms with Crippen molar-refractivity contribution in [1.29, 1.82) is 0 Å². The Labute approximate surface area is 125 Å². The summed E-state index contributed by atoms with van der Waals surface area (Å²) in [6, 6.07) is 1.67. The van der Waals surface area contributed by atoms with Crippen molar-refractivity contribution in [1.82, 2.24) is 9.97 Å². The zero-order chi connectivity index (χ0) is 16.7. The number of carbonyl (C=O) groups is 1. The van der Waals surface area contributed by atoms with Crippen molar-refractivity contribution in [2.75, 3.05) is 5.73 Å². The van der Waals surface area contributed by atoms with Gasteiger partial charge in [-0.25, -0.2) is 19.2 Å². The highest BCUT2D eigenvalue weighted by atomic mass is 35.5. The molecule has 1 aromatic carbocycles. The second-order valence-corrected chi connectivity index (χ2v) is 4.44. The minimum absolute atomic E-state index is 0.255. The molecule has 0 bridgehead atoms. The lowest BCUT2D eigenvalue weighted by molar-refractivity contribution is -0.137. The van der Waals surface area contributed by atoms with Crippen LogP contribution in [-0.4, -0.2) is 21.0 Å². The molecule has 0 fully saturated rings. The Balaban J connectivity index is 2.65. The monoisotopic (exact) mass is 335 g/mol. The number of anilines is 1. The van der Waals surface area contributed by atoms with Gasteiger partial charge in [0.25, 0.3) is 0 Å². The molecule has 0 radical (unpaired) electrons. The van der Waals surface area contributed by atoms with Gasteiger partial charge in [0.2, 0.25) is 5.28 Å². The molecule has 2 aromatic rings. The summed E-state index contributed by atoms with van der Waals surface area (Å²) in [6.45, 7) is 0. The number of aromatic nitrogens is 2. The zero-order valence-electron chi connectivity index (χ0n) is 10.4. The first-order valence-electron chi connectivity index (χ1n) is 5.54. The topological polar surface area (TPSA) is 89.1 Å². The number of alkyl halides is 3. The second-order valence-electron chi connectivity index (χ2n) is 4.10. The van der Waals surface area contributed by atoms with Gasteiger partial charge in [-0.2, -0.15) is 13.2 Å². The maximum atomic E-state index is 13.9. The molecule has 1 heterocycles. The quantitative estimate of drug-likeness (QED) is 0.649. The van der Waals surface area contributed by atoms with Gasteiger partial charge in [-0.1, -0.05) is 0 Å². The van der Waals surface area contributed by atoms with Crippen LogP contribution in [0.25, 0.3) is 11.3 Å². The number of carboxylic acids is 1. The normalized spacial score (nSPS) is 11.5. The first-order valence-corrected chi connectivity index (χ1v) is 5.92. The summed E-state index contributed by atoms with van der Waals surface area (Å²) in [7, 11) is 0. The Morgan fingerprint density at radius 2 is 1.91 bits per heavy atom. The average molecular weight is 336 g/mol. The molecule has 0 atom stereocenters. The molecule has 0 unspecified atom stereocenters. The first kappa shape index (κ1) is 16.0. The van der Waals surface area contributed by atoms with E-state index in [0.29, 0.717) is 6.07 Å². The third-order valence-corrected chi connectivity index (χ3v) is 2.84. The fraction of sp³-hybridized carbons (Fsp3) is 0.0833. The van der Waals surface area contributed by atoms with Gasteiger partial charge in [0.05, 0.1) is 11.3 Å². The summed E-state index contributed by atoms with van der Waals surface area (Å²) in [5.41, 5.74) is 2.33. The number of hydrogen-bond donors (Lipinski definition) is 2. The van der Waals surface area contributed by atoms with Crippen molar-refractivity contribution in [3.8, 4) is 11.3 Å². The molecule has 1 aromatic heterocycles. The minimum atomic E-state index is -4.72. The van der Waals surface area contributed by atoms with Crippen molar-refractivity contribution < 1.29 is 27.5 Å². The number of carboxylic acid groups (broad SMARTS) is 1. The van der Waals surface area contributed by atoms with Crippen LogP contribution in [0.5, 0.6) is 0 Å². The highest BCUT2D eigenvalue weighted by Crippen LogP contribution is 2.34. The number of benzene rings is 1. The van der Waals surface area contributed by atoms with Crippen molar-refractivity contribution in [3.05, 3.63) is 40.6 Å². The number of nitrogens with two attached hydrogens (primary N) is 1. The zero-order valence-corrected chi connectivity index (χ0v) is 11.2. The van der Waals surface area contributed by atoms with Gasteiger partial charge in [-0.15, -0.1) is 0 Å². The van der Waals surface area contributed by atoms with Gasteiger partial charge in [-0.3, -0.25) is 0 Å². The largest absolute Gasteiger partial charge is 0.476 e. The van der Waals surface area contributed by atoms with E-state index in [1.165, 1.54) is 0 Å². The number of halogens is 5. The van der Waals surface area contributed by atoms with Crippen molar-refractivity contribution in [3.63, 3.8) is 0 Å². The van der Waals surface area contributed by atoms with E-state index in [1.807, 2.05) is 0 Å². The molecule has 22 heavy (non-hydrogen) atoms. The maximum Gasteiger partial charge on any atom is 0.416 e. The van der Waals surface area contributed by atoms with Gasteiger partial charge >= 0.3 is 12.1 Å². The summed E-state index contributed by atoms with van der Waals surface area (Å²) in [6.07, 6.45) is -4.72. The Bertz CT molecular complexity index is 765. The molecular formula is C12H6ClF4N3O2. The van der Waals surface area contributed by atoms with Crippen LogP contribution < -0.4 is 5.73 Å². The molecule has 0 spiro atoms. The molecule has 0 saturated carbocycles.